The van der Waals surface area contributed by atoms with Crippen LogP contribution in [0.15, 0.2) is 33.5 Å². The fourth-order valence-corrected chi connectivity index (χ4v) is 2.97. The van der Waals surface area contributed by atoms with Crippen LogP contribution in [0.4, 0.5) is 0 Å². The van der Waals surface area contributed by atoms with Gasteiger partial charge in [-0.2, -0.15) is 0 Å². The number of pyridine rings is 1. The van der Waals surface area contributed by atoms with Gasteiger partial charge in [0, 0.05) is 23.2 Å². The minimum atomic E-state index is -0.288. The molecule has 25 heavy (non-hydrogen) atoms. The van der Waals surface area contributed by atoms with E-state index in [1.165, 1.54) is 0 Å². The summed E-state index contributed by atoms with van der Waals surface area (Å²) in [5, 5.41) is 3.50. The average molecular weight is 340 g/mol. The molecule has 0 spiro atoms. The van der Waals surface area contributed by atoms with Gasteiger partial charge in [0.05, 0.1) is 12.7 Å². The second-order valence-electron chi connectivity index (χ2n) is 6.02. The van der Waals surface area contributed by atoms with Crippen molar-refractivity contribution >= 4 is 16.9 Å². The Hall–Kier alpha value is -3.02. The number of nitrogens with one attached hydrogen (secondary N) is 2. The van der Waals surface area contributed by atoms with Crippen molar-refractivity contribution in [3.05, 3.63) is 62.8 Å². The summed E-state index contributed by atoms with van der Waals surface area (Å²) >= 11 is 0. The molecule has 0 aliphatic rings. The van der Waals surface area contributed by atoms with E-state index in [1.807, 2.05) is 19.9 Å². The quantitative estimate of drug-likeness (QED) is 0.765. The number of carbonyl (C=O) groups is 1. The molecule has 0 saturated heterocycles. The SMILES string of the molecule is COc1ccc2oc(C)c(C(=O)NCc3c(C)cc(C)[nH]c3=O)c2c1. The lowest BCUT2D eigenvalue weighted by molar-refractivity contribution is 0.0950. The summed E-state index contributed by atoms with van der Waals surface area (Å²) in [4.78, 5) is 27.5. The number of aryl methyl sites for hydroxylation is 3. The number of hydrogen-bond donors (Lipinski definition) is 2. The molecular weight excluding hydrogens is 320 g/mol. The molecule has 130 valence electrons. The van der Waals surface area contributed by atoms with Gasteiger partial charge in [-0.05, 0) is 50.6 Å². The second kappa shape index (κ2) is 6.47. The maximum absolute atomic E-state index is 12.7. The molecule has 0 radical (unpaired) electrons. The first-order valence-corrected chi connectivity index (χ1v) is 7.95. The van der Waals surface area contributed by atoms with Crippen LogP contribution in [0.5, 0.6) is 5.75 Å². The van der Waals surface area contributed by atoms with Crippen molar-refractivity contribution < 1.29 is 13.9 Å². The number of benzene rings is 1. The highest BCUT2D eigenvalue weighted by molar-refractivity contribution is 6.07. The molecule has 0 aliphatic heterocycles. The fourth-order valence-electron chi connectivity index (χ4n) is 2.97. The number of aromatic nitrogens is 1. The Bertz CT molecular complexity index is 1010. The molecule has 0 atom stereocenters. The average Bonchev–Trinajstić information content (AvgIpc) is 2.88. The summed E-state index contributed by atoms with van der Waals surface area (Å²) in [6.07, 6.45) is 0. The van der Waals surface area contributed by atoms with E-state index in [1.54, 1.807) is 32.2 Å². The summed E-state index contributed by atoms with van der Waals surface area (Å²) < 4.78 is 10.9. The van der Waals surface area contributed by atoms with E-state index in [-0.39, 0.29) is 18.0 Å². The number of H-pyrrole nitrogens is 1. The number of methoxy groups -OCH3 is 1. The van der Waals surface area contributed by atoms with Gasteiger partial charge in [0.15, 0.2) is 0 Å². The van der Waals surface area contributed by atoms with Gasteiger partial charge in [0.2, 0.25) is 0 Å². The van der Waals surface area contributed by atoms with E-state index >= 15 is 0 Å². The molecule has 6 nitrogen and oxygen atoms in total. The third-order valence-corrected chi connectivity index (χ3v) is 4.22. The van der Waals surface area contributed by atoms with Gasteiger partial charge in [-0.25, -0.2) is 0 Å². The number of hydrogen-bond acceptors (Lipinski definition) is 4. The molecule has 0 saturated carbocycles. The van der Waals surface area contributed by atoms with Crippen molar-refractivity contribution in [3.8, 4) is 5.75 Å². The van der Waals surface area contributed by atoms with Crippen LogP contribution in [-0.2, 0) is 6.54 Å². The van der Waals surface area contributed by atoms with Crippen LogP contribution in [0.3, 0.4) is 0 Å². The molecule has 6 heteroatoms. The third kappa shape index (κ3) is 3.15. The number of furan rings is 1. The zero-order chi connectivity index (χ0) is 18.1. The maximum atomic E-state index is 12.7. The van der Waals surface area contributed by atoms with Crippen LogP contribution >= 0.6 is 0 Å². The van der Waals surface area contributed by atoms with Crippen LogP contribution in [0, 0.1) is 20.8 Å². The van der Waals surface area contributed by atoms with Crippen LogP contribution in [-0.4, -0.2) is 18.0 Å². The summed E-state index contributed by atoms with van der Waals surface area (Å²) in [5.74, 6) is 0.882. The van der Waals surface area contributed by atoms with Gasteiger partial charge in [-0.15, -0.1) is 0 Å². The molecule has 3 rings (SSSR count). The normalized spacial score (nSPS) is 10.9. The van der Waals surface area contributed by atoms with Gasteiger partial charge >= 0.3 is 0 Å². The minimum Gasteiger partial charge on any atom is -0.497 e. The highest BCUT2D eigenvalue weighted by Crippen LogP contribution is 2.29. The van der Waals surface area contributed by atoms with Gasteiger partial charge in [0.1, 0.15) is 17.1 Å². The first-order valence-electron chi connectivity index (χ1n) is 7.95. The first-order chi connectivity index (χ1) is 11.9. The Morgan fingerprint density at radius 2 is 2.00 bits per heavy atom. The van der Waals surface area contributed by atoms with Crippen molar-refractivity contribution in [1.82, 2.24) is 10.3 Å². The van der Waals surface area contributed by atoms with E-state index in [9.17, 15) is 9.59 Å². The zero-order valence-corrected chi connectivity index (χ0v) is 14.6. The van der Waals surface area contributed by atoms with E-state index in [0.29, 0.717) is 33.6 Å². The molecule has 0 fully saturated rings. The Morgan fingerprint density at radius 1 is 1.24 bits per heavy atom. The number of aromatic amines is 1. The molecule has 0 unspecified atom stereocenters. The van der Waals surface area contributed by atoms with Crippen molar-refractivity contribution in [3.63, 3.8) is 0 Å². The number of carbonyl (C=O) groups excluding carboxylic acids is 1. The van der Waals surface area contributed by atoms with Crippen LogP contribution in [0.25, 0.3) is 11.0 Å². The maximum Gasteiger partial charge on any atom is 0.255 e. The summed E-state index contributed by atoms with van der Waals surface area (Å²) in [5.41, 5.74) is 3.07. The second-order valence-corrected chi connectivity index (χ2v) is 6.02. The number of amides is 1. The number of fused-ring (bicyclic) bond motifs is 1. The van der Waals surface area contributed by atoms with Crippen molar-refractivity contribution in [1.29, 1.82) is 0 Å². The predicted molar refractivity (Wildman–Crippen MR) is 95.2 cm³/mol. The van der Waals surface area contributed by atoms with Crippen LogP contribution in [0.1, 0.15) is 32.9 Å². The third-order valence-electron chi connectivity index (χ3n) is 4.22. The highest BCUT2D eigenvalue weighted by atomic mass is 16.5. The lowest BCUT2D eigenvalue weighted by Gasteiger charge is -2.08. The van der Waals surface area contributed by atoms with E-state index in [4.69, 9.17) is 9.15 Å². The summed E-state index contributed by atoms with van der Waals surface area (Å²) in [6.45, 7) is 5.57. The van der Waals surface area contributed by atoms with Gasteiger partial charge < -0.3 is 19.5 Å². The van der Waals surface area contributed by atoms with Crippen molar-refractivity contribution in [2.24, 2.45) is 0 Å². The molecule has 2 aromatic heterocycles. The van der Waals surface area contributed by atoms with E-state index < -0.39 is 0 Å². The molecule has 1 aromatic carbocycles. The van der Waals surface area contributed by atoms with Crippen molar-refractivity contribution in [2.45, 2.75) is 27.3 Å². The summed E-state index contributed by atoms with van der Waals surface area (Å²) in [6, 6.07) is 7.20. The van der Waals surface area contributed by atoms with E-state index in [2.05, 4.69) is 10.3 Å². The molecule has 1 amide bonds. The van der Waals surface area contributed by atoms with Crippen LogP contribution in [0.2, 0.25) is 0 Å². The lowest BCUT2D eigenvalue weighted by atomic mass is 10.1. The standard InChI is InChI=1S/C19H20N2O4/c1-10-7-11(2)21-18(22)15(10)9-20-19(23)17-12(3)25-16-6-5-13(24-4)8-14(16)17/h5-8H,9H2,1-4H3,(H,20,23)(H,21,22). The fraction of sp³-hybridized carbons (Fsp3) is 0.263. The van der Waals surface area contributed by atoms with Gasteiger partial charge in [-0.3, -0.25) is 9.59 Å². The van der Waals surface area contributed by atoms with Gasteiger partial charge in [0.25, 0.3) is 11.5 Å². The Balaban J connectivity index is 1.91. The lowest BCUT2D eigenvalue weighted by Crippen LogP contribution is -2.28. The predicted octanol–water partition coefficient (Wildman–Crippen LogP) is 2.98. The Labute approximate surface area is 144 Å². The largest absolute Gasteiger partial charge is 0.497 e. The monoisotopic (exact) mass is 340 g/mol. The van der Waals surface area contributed by atoms with Crippen LogP contribution < -0.4 is 15.6 Å². The number of ether oxygens (including phenoxy) is 1. The molecule has 3 aromatic rings. The van der Waals surface area contributed by atoms with Crippen molar-refractivity contribution in [2.75, 3.05) is 7.11 Å². The Morgan fingerprint density at radius 3 is 2.68 bits per heavy atom. The van der Waals surface area contributed by atoms with E-state index in [0.717, 1.165) is 11.3 Å². The molecule has 0 aliphatic carbocycles. The zero-order valence-electron chi connectivity index (χ0n) is 14.6. The molecular formula is C19H20N2O4. The molecule has 2 N–H and O–H groups in total. The minimum absolute atomic E-state index is 0.149. The summed E-state index contributed by atoms with van der Waals surface area (Å²) in [7, 11) is 1.57. The highest BCUT2D eigenvalue weighted by Gasteiger charge is 2.19. The smallest absolute Gasteiger partial charge is 0.255 e. The number of rotatable bonds is 4. The Kier molecular flexibility index (Phi) is 4.35. The topological polar surface area (TPSA) is 84.3 Å². The first kappa shape index (κ1) is 16.8. The molecule has 2 heterocycles. The van der Waals surface area contributed by atoms with Gasteiger partial charge in [-0.1, -0.05) is 0 Å². The molecule has 0 bridgehead atoms.